The largest absolute Gasteiger partial charge is 0.478 e. The molecule has 170 valence electrons. The number of carboxylic acid groups (broad SMARTS) is 1. The summed E-state index contributed by atoms with van der Waals surface area (Å²) < 4.78 is 11.3. The number of nitrogens with two attached hydrogens (primary N) is 1. The first-order chi connectivity index (χ1) is 16.1. The molecule has 3 aromatic rings. The number of hydrogen-bond acceptors (Lipinski definition) is 9. The van der Waals surface area contributed by atoms with Gasteiger partial charge < -0.3 is 25.3 Å². The fourth-order valence-corrected chi connectivity index (χ4v) is 3.43. The lowest BCUT2D eigenvalue weighted by molar-refractivity contribution is 0.0697. The van der Waals surface area contributed by atoms with Gasteiger partial charge in [-0.3, -0.25) is 4.98 Å². The Bertz CT molecular complexity index is 1130. The minimum absolute atomic E-state index is 0.128. The summed E-state index contributed by atoms with van der Waals surface area (Å²) in [6, 6.07) is 14.0. The molecule has 1 aliphatic heterocycles. The van der Waals surface area contributed by atoms with Crippen molar-refractivity contribution in [3.63, 3.8) is 0 Å². The molecule has 0 atom stereocenters. The number of carbonyl (C=O) groups is 1. The highest BCUT2D eigenvalue weighted by molar-refractivity contribution is 6.12. The van der Waals surface area contributed by atoms with Crippen LogP contribution in [-0.4, -0.2) is 64.6 Å². The summed E-state index contributed by atoms with van der Waals surface area (Å²) in [6.45, 7) is 2.87. The first-order valence-electron chi connectivity index (χ1n) is 10.5. The minimum Gasteiger partial charge on any atom is -0.478 e. The number of nitrogens with zero attached hydrogens (tertiary/aromatic N) is 5. The van der Waals surface area contributed by atoms with Crippen molar-refractivity contribution in [2.75, 3.05) is 37.8 Å². The van der Waals surface area contributed by atoms with Crippen molar-refractivity contribution in [3.05, 3.63) is 77.2 Å². The Morgan fingerprint density at radius 2 is 1.94 bits per heavy atom. The fourth-order valence-electron chi connectivity index (χ4n) is 3.43. The molecular formula is C23H24N6O4. The molecule has 2 aromatic heterocycles. The molecule has 0 amide bonds. The van der Waals surface area contributed by atoms with Crippen molar-refractivity contribution < 1.29 is 19.4 Å². The van der Waals surface area contributed by atoms with Gasteiger partial charge in [-0.15, -0.1) is 0 Å². The van der Waals surface area contributed by atoms with Crippen LogP contribution in [0.4, 0.5) is 5.82 Å². The van der Waals surface area contributed by atoms with Crippen molar-refractivity contribution in [2.24, 2.45) is 10.9 Å². The zero-order valence-corrected chi connectivity index (χ0v) is 17.9. The number of aromatic nitrogens is 3. The van der Waals surface area contributed by atoms with Gasteiger partial charge in [-0.1, -0.05) is 18.2 Å². The van der Waals surface area contributed by atoms with Crippen LogP contribution >= 0.6 is 0 Å². The number of benzene rings is 1. The van der Waals surface area contributed by atoms with E-state index in [1.165, 1.54) is 12.1 Å². The maximum absolute atomic E-state index is 11.4. The Balaban J connectivity index is 1.64. The molecule has 0 spiro atoms. The number of morpholine rings is 1. The van der Waals surface area contributed by atoms with Gasteiger partial charge in [-0.05, 0) is 24.3 Å². The number of pyridine rings is 1. The number of rotatable bonds is 8. The Labute approximate surface area is 190 Å². The molecule has 33 heavy (non-hydrogen) atoms. The minimum atomic E-state index is -1.04. The second-order valence-corrected chi connectivity index (χ2v) is 7.28. The molecule has 1 saturated heterocycles. The van der Waals surface area contributed by atoms with E-state index in [1.54, 1.807) is 24.4 Å². The highest BCUT2D eigenvalue weighted by Crippen LogP contribution is 2.21. The lowest BCUT2D eigenvalue weighted by Gasteiger charge is -2.28. The molecule has 10 heteroatoms. The van der Waals surface area contributed by atoms with E-state index in [-0.39, 0.29) is 11.6 Å². The highest BCUT2D eigenvalue weighted by atomic mass is 16.5. The normalized spacial score (nSPS) is 14.2. The summed E-state index contributed by atoms with van der Waals surface area (Å²) in [7, 11) is 0. The predicted molar refractivity (Wildman–Crippen MR) is 122 cm³/mol. The number of hydrazone groups is 1. The summed E-state index contributed by atoms with van der Waals surface area (Å²) in [5.74, 6) is 5.34. The second kappa shape index (κ2) is 10.5. The van der Waals surface area contributed by atoms with Crippen LogP contribution in [0.15, 0.2) is 59.8 Å². The van der Waals surface area contributed by atoms with Gasteiger partial charge in [-0.25, -0.2) is 4.79 Å². The van der Waals surface area contributed by atoms with Gasteiger partial charge in [0, 0.05) is 43.0 Å². The maximum atomic E-state index is 11.4. The maximum Gasteiger partial charge on any atom is 0.335 e. The van der Waals surface area contributed by atoms with Crippen molar-refractivity contribution in [3.8, 4) is 6.01 Å². The van der Waals surface area contributed by atoms with E-state index < -0.39 is 5.97 Å². The fraction of sp³-hybridized carbons (Fsp3) is 0.261. The molecule has 1 aromatic carbocycles. The van der Waals surface area contributed by atoms with E-state index in [0.717, 1.165) is 5.69 Å². The zero-order valence-electron chi connectivity index (χ0n) is 17.9. The van der Waals surface area contributed by atoms with Crippen LogP contribution in [0, 0.1) is 0 Å². The van der Waals surface area contributed by atoms with Crippen LogP contribution in [0.5, 0.6) is 6.01 Å². The lowest BCUT2D eigenvalue weighted by Crippen LogP contribution is -2.37. The van der Waals surface area contributed by atoms with Crippen LogP contribution in [0.3, 0.4) is 0 Å². The molecular weight excluding hydrogens is 424 g/mol. The Morgan fingerprint density at radius 3 is 2.67 bits per heavy atom. The van der Waals surface area contributed by atoms with Gasteiger partial charge in [-0.2, -0.15) is 15.1 Å². The van der Waals surface area contributed by atoms with Gasteiger partial charge in [0.15, 0.2) is 0 Å². The van der Waals surface area contributed by atoms with E-state index in [9.17, 15) is 9.90 Å². The Kier molecular flexibility index (Phi) is 7.06. The van der Waals surface area contributed by atoms with Crippen molar-refractivity contribution >= 4 is 17.5 Å². The Morgan fingerprint density at radius 1 is 1.12 bits per heavy atom. The molecule has 0 unspecified atom stereocenters. The van der Waals surface area contributed by atoms with Crippen molar-refractivity contribution in [1.29, 1.82) is 0 Å². The molecule has 3 heterocycles. The van der Waals surface area contributed by atoms with Crippen molar-refractivity contribution in [1.82, 2.24) is 15.0 Å². The third-order valence-electron chi connectivity index (χ3n) is 5.10. The molecule has 4 rings (SSSR count). The van der Waals surface area contributed by atoms with Gasteiger partial charge in [0.25, 0.3) is 0 Å². The molecule has 3 N–H and O–H groups in total. The smallest absolute Gasteiger partial charge is 0.335 e. The summed E-state index contributed by atoms with van der Waals surface area (Å²) in [6.07, 6.45) is 2.33. The van der Waals surface area contributed by atoms with E-state index >= 15 is 0 Å². The monoisotopic (exact) mass is 448 g/mol. The van der Waals surface area contributed by atoms with E-state index in [0.29, 0.717) is 62.1 Å². The highest BCUT2D eigenvalue weighted by Gasteiger charge is 2.19. The average Bonchev–Trinajstić information content (AvgIpc) is 2.86. The van der Waals surface area contributed by atoms with Crippen LogP contribution in [0.2, 0.25) is 0 Å². The number of carboxylic acids is 1. The van der Waals surface area contributed by atoms with Gasteiger partial charge in [0.1, 0.15) is 17.2 Å². The van der Waals surface area contributed by atoms with Crippen LogP contribution < -0.4 is 15.5 Å². The summed E-state index contributed by atoms with van der Waals surface area (Å²) in [5.41, 5.74) is 2.33. The van der Waals surface area contributed by atoms with Crippen molar-refractivity contribution in [2.45, 2.75) is 6.42 Å². The van der Waals surface area contributed by atoms with Crippen LogP contribution in [-0.2, 0) is 11.2 Å². The first-order valence-corrected chi connectivity index (χ1v) is 10.5. The average molecular weight is 448 g/mol. The van der Waals surface area contributed by atoms with Gasteiger partial charge >= 0.3 is 12.0 Å². The van der Waals surface area contributed by atoms with E-state index in [1.807, 2.05) is 18.2 Å². The molecule has 1 fully saturated rings. The number of hydrogen-bond donors (Lipinski definition) is 2. The van der Waals surface area contributed by atoms with Crippen LogP contribution in [0.1, 0.15) is 27.3 Å². The van der Waals surface area contributed by atoms with Gasteiger partial charge in [0.05, 0.1) is 25.4 Å². The standard InChI is InChI=1S/C23H24N6O4/c24-28-21(16-4-3-5-17(14-16)22(30)31)19-15-20(29-9-12-32-13-10-29)27-23(26-19)33-11-7-18-6-1-2-8-25-18/h1-6,8,14-15H,7,9-13,24H2,(H,30,31)/b28-21+. The lowest BCUT2D eigenvalue weighted by atomic mass is 10.0. The molecule has 1 aliphatic rings. The van der Waals surface area contributed by atoms with E-state index in [2.05, 4.69) is 25.0 Å². The SMILES string of the molecule is N/N=C(\c1cccc(C(=O)O)c1)c1cc(N2CCOCC2)nc(OCCc2ccccn2)n1. The summed E-state index contributed by atoms with van der Waals surface area (Å²) in [4.78, 5) is 26.9. The predicted octanol–water partition coefficient (Wildman–Crippen LogP) is 1.74. The first kappa shape index (κ1) is 22.2. The molecule has 0 bridgehead atoms. The quantitative estimate of drug-likeness (QED) is 0.300. The van der Waals surface area contributed by atoms with Gasteiger partial charge in [0.2, 0.25) is 0 Å². The molecule has 10 nitrogen and oxygen atoms in total. The summed E-state index contributed by atoms with van der Waals surface area (Å²) >= 11 is 0. The zero-order chi connectivity index (χ0) is 23.0. The molecule has 0 radical (unpaired) electrons. The van der Waals surface area contributed by atoms with Crippen LogP contribution in [0.25, 0.3) is 0 Å². The Hall–Kier alpha value is -4.05. The topological polar surface area (TPSA) is 136 Å². The third kappa shape index (κ3) is 5.60. The third-order valence-corrected chi connectivity index (χ3v) is 5.10. The van der Waals surface area contributed by atoms with E-state index in [4.69, 9.17) is 15.3 Å². The molecule has 0 saturated carbocycles. The number of anilines is 1. The number of aromatic carboxylic acids is 1. The second-order valence-electron chi connectivity index (χ2n) is 7.28. The summed E-state index contributed by atoms with van der Waals surface area (Å²) in [5, 5.41) is 13.3. The number of ether oxygens (including phenoxy) is 2. The molecule has 0 aliphatic carbocycles.